The molecule has 0 radical (unpaired) electrons. The van der Waals surface area contributed by atoms with Crippen LogP contribution in [-0.4, -0.2) is 12.1 Å². The quantitative estimate of drug-likeness (QED) is 0.896. The normalized spacial score (nSPS) is 10.3. The van der Waals surface area contributed by atoms with Crippen molar-refractivity contribution < 1.29 is 10.1 Å². The van der Waals surface area contributed by atoms with Gasteiger partial charge in [-0.1, -0.05) is 11.6 Å². The molecule has 0 bridgehead atoms. The van der Waals surface area contributed by atoms with E-state index < -0.39 is 0 Å². The summed E-state index contributed by atoms with van der Waals surface area (Å²) in [5, 5.41) is 2.95. The molecular formula is C14H16ClN2O+. The topological polar surface area (TPSA) is 38.7 Å². The Morgan fingerprint density at radius 3 is 2.67 bits per heavy atom. The molecule has 3 nitrogen and oxygen atoms in total. The second kappa shape index (κ2) is 6.38. The Kier molecular flexibility index (Phi) is 4.56. The van der Waals surface area contributed by atoms with Crippen LogP contribution < -0.4 is 10.1 Å². The molecule has 4 heteroatoms. The predicted octanol–water partition coefficient (Wildman–Crippen LogP) is 2.01. The smallest absolute Gasteiger partial charge is 0.127 e. The summed E-state index contributed by atoms with van der Waals surface area (Å²) in [7, 11) is 1.68. The van der Waals surface area contributed by atoms with Gasteiger partial charge in [-0.2, -0.15) is 0 Å². The van der Waals surface area contributed by atoms with Crippen LogP contribution in [0.1, 0.15) is 11.1 Å². The Morgan fingerprint density at radius 1 is 1.17 bits per heavy atom. The number of ether oxygens (including phenoxy) is 1. The van der Waals surface area contributed by atoms with E-state index in [4.69, 9.17) is 16.3 Å². The molecule has 1 aromatic carbocycles. The first-order valence-corrected chi connectivity index (χ1v) is 6.20. The number of hydrogen-bond acceptors (Lipinski definition) is 2. The summed E-state index contributed by atoms with van der Waals surface area (Å²) in [6.45, 7) is 1.75. The lowest BCUT2D eigenvalue weighted by molar-refractivity contribution is -0.686. The molecule has 0 aliphatic rings. The maximum absolute atomic E-state index is 5.99. The zero-order valence-corrected chi connectivity index (χ0v) is 11.0. The number of halogens is 1. The van der Waals surface area contributed by atoms with Gasteiger partial charge < -0.3 is 10.1 Å². The summed E-state index contributed by atoms with van der Waals surface area (Å²) in [4.78, 5) is 4.00. The fraction of sp³-hybridized carbons (Fsp3) is 0.214. The highest BCUT2D eigenvalue weighted by Gasteiger charge is 2.05. The number of rotatable bonds is 5. The van der Waals surface area contributed by atoms with E-state index >= 15 is 0 Å². The number of nitrogens with zero attached hydrogens (tertiary/aromatic N) is 1. The number of hydrogen-bond donors (Lipinski definition) is 1. The summed E-state index contributed by atoms with van der Waals surface area (Å²) in [6.07, 6.45) is 3.62. The third kappa shape index (κ3) is 3.45. The zero-order chi connectivity index (χ0) is 12.8. The van der Waals surface area contributed by atoms with Gasteiger partial charge in [0.1, 0.15) is 18.8 Å². The minimum Gasteiger partial charge on any atom is -0.496 e. The van der Waals surface area contributed by atoms with E-state index in [1.807, 2.05) is 42.7 Å². The van der Waals surface area contributed by atoms with Gasteiger partial charge in [0.15, 0.2) is 0 Å². The predicted molar refractivity (Wildman–Crippen MR) is 71.6 cm³/mol. The Hall–Kier alpha value is -1.58. The van der Waals surface area contributed by atoms with Gasteiger partial charge in [-0.05, 0) is 30.3 Å². The third-order valence-corrected chi connectivity index (χ3v) is 2.97. The van der Waals surface area contributed by atoms with E-state index in [2.05, 4.69) is 10.3 Å². The lowest BCUT2D eigenvalue weighted by atomic mass is 10.2. The zero-order valence-electron chi connectivity index (χ0n) is 10.3. The molecule has 2 N–H and O–H groups in total. The summed E-state index contributed by atoms with van der Waals surface area (Å²) in [5.41, 5.74) is 2.37. The summed E-state index contributed by atoms with van der Waals surface area (Å²) in [5.74, 6) is 0.880. The van der Waals surface area contributed by atoms with Crippen molar-refractivity contribution in [3.8, 4) is 5.75 Å². The maximum atomic E-state index is 5.99. The molecule has 1 aromatic heterocycles. The van der Waals surface area contributed by atoms with Gasteiger partial charge in [0.2, 0.25) is 0 Å². The van der Waals surface area contributed by atoms with Crippen molar-refractivity contribution >= 4 is 11.6 Å². The maximum Gasteiger partial charge on any atom is 0.127 e. The number of nitrogens with two attached hydrogens (primary N) is 1. The second-order valence-electron chi connectivity index (χ2n) is 4.01. The largest absolute Gasteiger partial charge is 0.496 e. The molecular weight excluding hydrogens is 248 g/mol. The van der Waals surface area contributed by atoms with Gasteiger partial charge in [0.25, 0.3) is 0 Å². The molecule has 0 atom stereocenters. The Bertz CT molecular complexity index is 502. The van der Waals surface area contributed by atoms with Crippen LogP contribution in [0.3, 0.4) is 0 Å². The Balaban J connectivity index is 1.96. The van der Waals surface area contributed by atoms with Crippen LogP contribution in [-0.2, 0) is 13.1 Å². The third-order valence-electron chi connectivity index (χ3n) is 2.74. The molecule has 0 aliphatic heterocycles. The second-order valence-corrected chi connectivity index (χ2v) is 4.44. The van der Waals surface area contributed by atoms with Crippen molar-refractivity contribution in [2.75, 3.05) is 7.11 Å². The van der Waals surface area contributed by atoms with Crippen molar-refractivity contribution in [2.24, 2.45) is 0 Å². The molecule has 0 aliphatic carbocycles. The average molecular weight is 264 g/mol. The van der Waals surface area contributed by atoms with Crippen molar-refractivity contribution in [1.29, 1.82) is 0 Å². The lowest BCUT2D eigenvalue weighted by Gasteiger charge is -2.08. The van der Waals surface area contributed by atoms with Crippen LogP contribution in [0, 0.1) is 0 Å². The van der Waals surface area contributed by atoms with E-state index in [1.165, 1.54) is 5.56 Å². The Morgan fingerprint density at radius 2 is 1.94 bits per heavy atom. The average Bonchev–Trinajstić information content (AvgIpc) is 2.40. The summed E-state index contributed by atoms with van der Waals surface area (Å²) < 4.78 is 5.31. The standard InChI is InChI=1S/C14H15ClN2O/c1-18-14-3-2-13(15)8-12(14)10-17-9-11-4-6-16-7-5-11/h2-8,17H,9-10H2,1H3/p+1. The molecule has 0 spiro atoms. The highest BCUT2D eigenvalue weighted by atomic mass is 35.5. The SMILES string of the molecule is COc1ccc(Cl)cc1C[NH2+]Cc1ccncc1. The van der Waals surface area contributed by atoms with E-state index in [0.29, 0.717) is 0 Å². The fourth-order valence-electron chi connectivity index (χ4n) is 1.82. The number of methoxy groups -OCH3 is 1. The fourth-order valence-corrected chi connectivity index (χ4v) is 2.01. The first-order chi connectivity index (χ1) is 8.79. The summed E-state index contributed by atoms with van der Waals surface area (Å²) in [6, 6.07) is 9.73. The van der Waals surface area contributed by atoms with Gasteiger partial charge in [-0.3, -0.25) is 4.98 Å². The van der Waals surface area contributed by atoms with Gasteiger partial charge in [0, 0.05) is 28.5 Å². The van der Waals surface area contributed by atoms with Gasteiger partial charge in [0.05, 0.1) is 7.11 Å². The van der Waals surface area contributed by atoms with E-state index in [9.17, 15) is 0 Å². The van der Waals surface area contributed by atoms with Gasteiger partial charge in [-0.15, -0.1) is 0 Å². The molecule has 18 heavy (non-hydrogen) atoms. The van der Waals surface area contributed by atoms with Crippen molar-refractivity contribution in [3.63, 3.8) is 0 Å². The molecule has 2 rings (SSSR count). The number of aromatic nitrogens is 1. The highest BCUT2D eigenvalue weighted by Crippen LogP contribution is 2.21. The minimum atomic E-state index is 0.739. The van der Waals surface area contributed by atoms with E-state index in [1.54, 1.807) is 7.11 Å². The van der Waals surface area contributed by atoms with Crippen LogP contribution in [0.15, 0.2) is 42.7 Å². The van der Waals surface area contributed by atoms with Crippen LogP contribution in [0.25, 0.3) is 0 Å². The van der Waals surface area contributed by atoms with Gasteiger partial charge in [-0.25, -0.2) is 0 Å². The van der Waals surface area contributed by atoms with Crippen molar-refractivity contribution in [2.45, 2.75) is 13.1 Å². The molecule has 94 valence electrons. The molecule has 0 saturated carbocycles. The first-order valence-electron chi connectivity index (χ1n) is 5.82. The van der Waals surface area contributed by atoms with Crippen LogP contribution in [0.4, 0.5) is 0 Å². The van der Waals surface area contributed by atoms with Crippen LogP contribution in [0.2, 0.25) is 5.02 Å². The molecule has 2 aromatic rings. The number of benzene rings is 1. The molecule has 0 fully saturated rings. The van der Waals surface area contributed by atoms with Crippen molar-refractivity contribution in [3.05, 3.63) is 58.9 Å². The van der Waals surface area contributed by atoms with Crippen LogP contribution >= 0.6 is 11.6 Å². The van der Waals surface area contributed by atoms with Crippen LogP contribution in [0.5, 0.6) is 5.75 Å². The molecule has 1 heterocycles. The first kappa shape index (κ1) is 12.9. The Labute approximate surface area is 112 Å². The van der Waals surface area contributed by atoms with E-state index in [-0.39, 0.29) is 0 Å². The van der Waals surface area contributed by atoms with Gasteiger partial charge >= 0.3 is 0 Å². The lowest BCUT2D eigenvalue weighted by Crippen LogP contribution is -2.80. The molecule has 0 amide bonds. The molecule has 0 unspecified atom stereocenters. The number of pyridine rings is 1. The minimum absolute atomic E-state index is 0.739. The van der Waals surface area contributed by atoms with E-state index in [0.717, 1.165) is 29.4 Å². The number of quaternary nitrogens is 1. The summed E-state index contributed by atoms with van der Waals surface area (Å²) >= 11 is 5.99. The molecule has 0 saturated heterocycles. The monoisotopic (exact) mass is 263 g/mol. The van der Waals surface area contributed by atoms with Crippen molar-refractivity contribution in [1.82, 2.24) is 4.98 Å². The highest BCUT2D eigenvalue weighted by molar-refractivity contribution is 6.30.